The van der Waals surface area contributed by atoms with Crippen molar-refractivity contribution in [3.05, 3.63) is 47.6 Å². The molecule has 55 heteroatoms. The van der Waals surface area contributed by atoms with Crippen LogP contribution in [0.3, 0.4) is 0 Å². The molecule has 0 bridgehead atoms. The Bertz CT molecular complexity index is 3740. The lowest BCUT2D eigenvalue weighted by atomic mass is 9.89. The number of nitrogens with one attached hydrogen (secondary N) is 5. The van der Waals surface area contributed by atoms with Crippen molar-refractivity contribution in [1.82, 2.24) is 86.4 Å². The number of carbonyl (C=O) groups excluding carboxylic acids is 4. The van der Waals surface area contributed by atoms with Crippen molar-refractivity contribution in [3.63, 3.8) is 0 Å². The Balaban J connectivity index is 0.810. The third-order valence-corrected chi connectivity index (χ3v) is 22.1. The van der Waals surface area contributed by atoms with Crippen LogP contribution in [-0.2, 0) is 171 Å². The maximum Gasteiger partial charge on any atom is 0.320 e. The summed E-state index contributed by atoms with van der Waals surface area (Å²) in [4.78, 5) is 64.7. The molecule has 4 fully saturated rings. The molecule has 4 saturated heterocycles. The van der Waals surface area contributed by atoms with Crippen LogP contribution in [0.25, 0.3) is 0 Å². The third-order valence-electron chi connectivity index (χ3n) is 22.1. The molecule has 20 unspecified atom stereocenters. The molecule has 0 radical (unpaired) electrons. The van der Waals surface area contributed by atoms with Crippen LogP contribution in [0.15, 0.2) is 24.8 Å². The highest BCUT2D eigenvalue weighted by Gasteiger charge is 2.49. The number of hydrogen-bond acceptors (Lipinski definition) is 45. The molecule has 21 atom stereocenters. The topological polar surface area (TPSA) is 692 Å². The van der Waals surface area contributed by atoms with Crippen molar-refractivity contribution in [1.29, 1.82) is 0 Å². The van der Waals surface area contributed by atoms with Crippen LogP contribution in [0.2, 0.25) is 0 Å². The number of hydrogen-bond donors (Lipinski definition) is 17. The monoisotopic (exact) mass is 1990 g/mol. The normalized spacial score (nSPS) is 25.4. The summed E-state index contributed by atoms with van der Waals surface area (Å²) in [5.41, 5.74) is 2.30. The molecule has 4 aliphatic heterocycles. The SMILES string of the molecule is CC(=O)NC1C(OCCOCCOCCOCC[n+]2cc(CN(CCCC[C@@H](C(=O)O)N(Cc3cn(CCOCCOCCOCCOC4OC(CO)C(O)C(O)C4NC(C)=O)nn3)Cc3cn(CCOCCOCCOCCOC4OC(CO)C(O)C(O)C4NC(C)=O)nn3)Cc3cn(CCOCCOCCOCCOC4OC(CO)C(O)C(O)C4NC(C)=O)nn3)n[nH]2)OC(CO)C(O)C1C. The highest BCUT2D eigenvalue weighted by Crippen LogP contribution is 2.29. The zero-order valence-electron chi connectivity index (χ0n) is 78.9. The summed E-state index contributed by atoms with van der Waals surface area (Å²) >= 11 is 0. The van der Waals surface area contributed by atoms with Gasteiger partial charge >= 0.3 is 5.97 Å². The molecule has 4 aromatic rings. The molecule has 0 spiro atoms. The van der Waals surface area contributed by atoms with E-state index in [-0.39, 0.29) is 191 Å². The van der Waals surface area contributed by atoms with Gasteiger partial charge in [0.15, 0.2) is 31.4 Å². The maximum atomic E-state index is 13.6. The summed E-state index contributed by atoms with van der Waals surface area (Å²) in [6.45, 7) is 13.1. The minimum Gasteiger partial charge on any atom is -0.480 e. The van der Waals surface area contributed by atoms with Gasteiger partial charge < -0.3 is 177 Å². The van der Waals surface area contributed by atoms with E-state index in [0.29, 0.717) is 101 Å². The van der Waals surface area contributed by atoms with Crippen molar-refractivity contribution >= 4 is 29.6 Å². The number of aliphatic carboxylic acids is 1. The Labute approximate surface area is 797 Å². The van der Waals surface area contributed by atoms with Crippen LogP contribution < -0.4 is 25.9 Å². The standard InChI is InChI=1S/C83H144N18O37/c1-54-68(84-55(2)106)80(135-64(50-102)72(54)110)131-38-34-127-30-26-123-22-18-119-14-10-98-46-59(88-92-98)42-96(43-60-47-99(93-89-60)11-15-120-19-23-124-27-31-128-35-39-132-81-69(85-56(3)107)76(114)73(111)65(51-103)136-81)9-7-6-8-63(79(117)118)97(44-61-48-100(94-90-61)12-16-121-20-24-125-28-32-129-36-40-133-82-70(86-57(4)108)77(115)74(112)66(52-104)137-82)45-62-49-101(95-91-62)13-17-122-21-25-126-29-33-130-37-41-134-83-71(87-58(5)109)78(116)75(113)67(53-105)138-83/h46-49,54,63-78,80-83,102-105,110-116H,6-45,50-53H2,1-5H3,(H5,84,85,86,87,106,107,108,109,117,118)/p+1/t54?,63-,64?,65?,66?,67?,68?,69?,70?,71?,72?,73?,74?,75?,76?,77?,78?,80?,81?,82?,83?/m0/s1. The fraction of sp³-hybridized carbons (Fsp3) is 0.843. The number of amides is 4. The van der Waals surface area contributed by atoms with E-state index < -0.39 is 179 Å². The predicted octanol–water partition coefficient (Wildman–Crippen LogP) is -9.88. The number of carboxylic acids is 1. The van der Waals surface area contributed by atoms with Crippen LogP contribution in [0, 0.1) is 5.92 Å². The van der Waals surface area contributed by atoms with Crippen LogP contribution in [0.5, 0.6) is 0 Å². The van der Waals surface area contributed by atoms with Crippen molar-refractivity contribution in [3.8, 4) is 0 Å². The second-order valence-corrected chi connectivity index (χ2v) is 32.8. The Hall–Kier alpha value is -7.41. The molecule has 8 heterocycles. The minimum absolute atomic E-state index is 0.00193. The molecule has 8 rings (SSSR count). The summed E-state index contributed by atoms with van der Waals surface area (Å²) in [6.07, 6.45) is -9.90. The van der Waals surface area contributed by atoms with Gasteiger partial charge in [0, 0.05) is 76.9 Å². The minimum atomic E-state index is -1.45. The van der Waals surface area contributed by atoms with Gasteiger partial charge in [0.05, 0.1) is 267 Å². The van der Waals surface area contributed by atoms with E-state index in [2.05, 4.69) is 67.4 Å². The van der Waals surface area contributed by atoms with Gasteiger partial charge in [-0.1, -0.05) is 34.2 Å². The zero-order valence-corrected chi connectivity index (χ0v) is 78.9. The average molecular weight is 1990 g/mol. The smallest absolute Gasteiger partial charge is 0.320 e. The number of unbranched alkanes of at least 4 members (excludes halogenated alkanes) is 1. The number of carboxylic acid groups (broad SMARTS) is 1. The number of aromatic amines is 1. The summed E-state index contributed by atoms with van der Waals surface area (Å²) in [6, 6.07) is -4.92. The number of H-pyrrole nitrogens is 1. The van der Waals surface area contributed by atoms with Crippen LogP contribution in [0.1, 0.15) is 76.7 Å². The Morgan fingerprint density at radius 3 is 1.01 bits per heavy atom. The van der Waals surface area contributed by atoms with E-state index in [0.717, 1.165) is 0 Å². The predicted molar refractivity (Wildman–Crippen MR) is 466 cm³/mol. The van der Waals surface area contributed by atoms with Crippen LogP contribution in [0.4, 0.5) is 0 Å². The Morgan fingerprint density at radius 2 is 0.681 bits per heavy atom. The maximum absolute atomic E-state index is 13.6. The van der Waals surface area contributed by atoms with E-state index in [1.165, 1.54) is 27.7 Å². The molecular weight excluding hydrogens is 1840 g/mol. The summed E-state index contributed by atoms with van der Waals surface area (Å²) < 4.78 is 121. The molecular formula is C83H145N18O37+. The van der Waals surface area contributed by atoms with Crippen LogP contribution in [-0.4, -0.2) is 496 Å². The first-order valence-electron chi connectivity index (χ1n) is 46.4. The molecule has 17 N–H and O–H groups in total. The number of ether oxygens (including phenoxy) is 20. The lowest BCUT2D eigenvalue weighted by molar-refractivity contribution is -0.754. The molecule has 4 amide bonds. The van der Waals surface area contributed by atoms with Gasteiger partial charge in [-0.15, -0.1) is 15.3 Å². The average Bonchev–Trinajstić information content (AvgIpc) is 1.01. The number of rotatable bonds is 75. The van der Waals surface area contributed by atoms with E-state index >= 15 is 0 Å². The van der Waals surface area contributed by atoms with Crippen molar-refractivity contribution in [2.45, 2.75) is 229 Å². The van der Waals surface area contributed by atoms with Gasteiger partial charge in [-0.2, -0.15) is 4.68 Å². The van der Waals surface area contributed by atoms with Gasteiger partial charge in [-0.25, -0.2) is 14.0 Å². The first kappa shape index (κ1) is 116. The fourth-order valence-corrected chi connectivity index (χ4v) is 15.0. The highest BCUT2D eigenvalue weighted by atomic mass is 16.7. The van der Waals surface area contributed by atoms with Gasteiger partial charge in [-0.05, 0) is 19.4 Å². The molecule has 0 aromatic carbocycles. The van der Waals surface area contributed by atoms with Gasteiger partial charge in [0.25, 0.3) is 0 Å². The number of aromatic nitrogens is 12. The molecule has 0 saturated carbocycles. The summed E-state index contributed by atoms with van der Waals surface area (Å²) in [5.74, 6) is -3.26. The first-order chi connectivity index (χ1) is 66.8. The number of aliphatic hydroxyl groups is 11. The number of aliphatic hydroxyl groups excluding tert-OH is 11. The molecule has 55 nitrogen and oxygen atoms in total. The lowest BCUT2D eigenvalue weighted by Gasteiger charge is -2.43. The third kappa shape index (κ3) is 41.9. The van der Waals surface area contributed by atoms with Crippen molar-refractivity contribution in [2.75, 3.05) is 218 Å². The second kappa shape index (κ2) is 65.7. The van der Waals surface area contributed by atoms with Crippen LogP contribution >= 0.6 is 0 Å². The molecule has 0 aliphatic carbocycles. The fourth-order valence-electron chi connectivity index (χ4n) is 15.0. The van der Waals surface area contributed by atoms with E-state index in [1.54, 1.807) is 42.9 Å². The zero-order chi connectivity index (χ0) is 99.4. The quantitative estimate of drug-likeness (QED) is 0.0144. The summed E-state index contributed by atoms with van der Waals surface area (Å²) in [5, 5.41) is 167. The Morgan fingerprint density at radius 1 is 0.391 bits per heavy atom. The van der Waals surface area contributed by atoms with E-state index in [1.807, 2.05) is 12.4 Å². The van der Waals surface area contributed by atoms with E-state index in [9.17, 15) is 85.3 Å². The number of nitrogens with zero attached hydrogens (tertiary/aromatic N) is 13. The highest BCUT2D eigenvalue weighted by molar-refractivity contribution is 5.75. The molecule has 4 aliphatic rings. The van der Waals surface area contributed by atoms with Crippen molar-refractivity contribution < 1.29 is 185 Å². The molecule has 4 aromatic heterocycles. The van der Waals surface area contributed by atoms with Gasteiger partial charge in [0.2, 0.25) is 29.3 Å². The summed E-state index contributed by atoms with van der Waals surface area (Å²) in [7, 11) is 0. The lowest BCUT2D eigenvalue weighted by Crippen LogP contribution is -2.64. The molecule has 138 heavy (non-hydrogen) atoms. The second-order valence-electron chi connectivity index (χ2n) is 32.8. The van der Waals surface area contributed by atoms with Gasteiger partial charge in [0.1, 0.15) is 91.8 Å². The van der Waals surface area contributed by atoms with Gasteiger partial charge in [-0.3, -0.25) is 33.8 Å². The molecule has 788 valence electrons. The number of carbonyl (C=O) groups is 5. The van der Waals surface area contributed by atoms with Crippen molar-refractivity contribution in [2.24, 2.45) is 5.92 Å². The largest absolute Gasteiger partial charge is 0.480 e. The van der Waals surface area contributed by atoms with E-state index in [4.69, 9.17) is 94.7 Å². The first-order valence-corrected chi connectivity index (χ1v) is 46.4. The Kier molecular flexibility index (Phi) is 55.2.